The first-order valence-corrected chi connectivity index (χ1v) is 9.77. The molecule has 6 nitrogen and oxygen atoms in total. The molecule has 1 amide bonds. The molecule has 4 rings (SSSR count). The highest BCUT2D eigenvalue weighted by molar-refractivity contribution is 7.10. The smallest absolute Gasteiger partial charge is 0.226 e. The molecule has 136 valence electrons. The lowest BCUT2D eigenvalue weighted by atomic mass is 9.92. The Morgan fingerprint density at radius 2 is 2.23 bits per heavy atom. The number of carbonyl (C=O) groups is 1. The van der Waals surface area contributed by atoms with Crippen molar-refractivity contribution in [3.8, 4) is 11.8 Å². The lowest BCUT2D eigenvalue weighted by molar-refractivity contribution is -0.116. The van der Waals surface area contributed by atoms with Crippen molar-refractivity contribution < 1.29 is 9.90 Å². The number of aliphatic hydroxyl groups is 1. The summed E-state index contributed by atoms with van der Waals surface area (Å²) in [7, 11) is 2.14. The number of rotatable bonds is 2. The van der Waals surface area contributed by atoms with Gasteiger partial charge in [0.15, 0.2) is 0 Å². The summed E-state index contributed by atoms with van der Waals surface area (Å²) >= 11 is 1.61. The van der Waals surface area contributed by atoms with E-state index < -0.39 is 0 Å². The molecule has 0 bridgehead atoms. The molecule has 0 aliphatic carbocycles. The van der Waals surface area contributed by atoms with Gasteiger partial charge in [0.2, 0.25) is 5.91 Å². The third-order valence-corrected chi connectivity index (χ3v) is 6.20. The third-order valence-electron chi connectivity index (χ3n) is 5.16. The second-order valence-electron chi connectivity index (χ2n) is 6.93. The molecule has 0 spiro atoms. The molecule has 7 heteroatoms. The van der Waals surface area contributed by atoms with Crippen LogP contribution in [0.2, 0.25) is 0 Å². The number of fused-ring (bicyclic) bond motifs is 1. The first-order valence-electron chi connectivity index (χ1n) is 8.89. The number of piperidine rings is 1. The fourth-order valence-electron chi connectivity index (χ4n) is 3.75. The summed E-state index contributed by atoms with van der Waals surface area (Å²) < 4.78 is 2.02. The van der Waals surface area contributed by atoms with Gasteiger partial charge in [0.25, 0.3) is 0 Å². The van der Waals surface area contributed by atoms with E-state index in [-0.39, 0.29) is 18.4 Å². The molecule has 4 heterocycles. The molecule has 1 saturated heterocycles. The van der Waals surface area contributed by atoms with E-state index >= 15 is 0 Å². The zero-order chi connectivity index (χ0) is 18.1. The molecule has 1 fully saturated rings. The summed E-state index contributed by atoms with van der Waals surface area (Å²) in [6.45, 7) is 1.95. The molecule has 2 aromatic rings. The normalized spacial score (nSPS) is 21.0. The standard InChI is InChI=1S/C19H22N4O2S/c1-22-6-4-14(5-7-22)23-19-16(11-20-23)15(10-18(25)21-19)17-9-13(12-26-17)3-2-8-24/h9,11-12,14-15,24H,4-8,10H2,1H3,(H,21,25). The fraction of sp³-hybridized carbons (Fsp3) is 0.474. The van der Waals surface area contributed by atoms with Crippen molar-refractivity contribution in [2.75, 3.05) is 32.1 Å². The molecule has 2 aliphatic heterocycles. The van der Waals surface area contributed by atoms with Gasteiger partial charge < -0.3 is 15.3 Å². The molecule has 0 aromatic carbocycles. The number of nitrogens with one attached hydrogen (secondary N) is 1. The van der Waals surface area contributed by atoms with Crippen LogP contribution in [-0.4, -0.2) is 52.4 Å². The molecule has 2 aromatic heterocycles. The van der Waals surface area contributed by atoms with Crippen LogP contribution in [0.5, 0.6) is 0 Å². The summed E-state index contributed by atoms with van der Waals surface area (Å²) in [5.41, 5.74) is 1.97. The van der Waals surface area contributed by atoms with E-state index in [0.717, 1.165) is 47.8 Å². The molecule has 1 atom stereocenters. The average Bonchev–Trinajstić information content (AvgIpc) is 3.27. The van der Waals surface area contributed by atoms with Gasteiger partial charge in [0, 0.05) is 33.7 Å². The average molecular weight is 370 g/mol. The number of amides is 1. The third kappa shape index (κ3) is 3.28. The second kappa shape index (κ2) is 7.23. The first kappa shape index (κ1) is 17.3. The number of hydrogen-bond donors (Lipinski definition) is 2. The van der Waals surface area contributed by atoms with Gasteiger partial charge >= 0.3 is 0 Å². The summed E-state index contributed by atoms with van der Waals surface area (Å²) in [5, 5.41) is 18.5. The number of likely N-dealkylation sites (tertiary alicyclic amines) is 1. The van der Waals surface area contributed by atoms with Crippen LogP contribution in [0, 0.1) is 11.8 Å². The monoisotopic (exact) mass is 370 g/mol. The second-order valence-corrected chi connectivity index (χ2v) is 7.87. The largest absolute Gasteiger partial charge is 0.384 e. The van der Waals surface area contributed by atoms with Gasteiger partial charge in [-0.3, -0.25) is 4.79 Å². The SMILES string of the molecule is CN1CCC(n2ncc3c2NC(=O)CC3c2cc(C#CCO)cs2)CC1. The highest BCUT2D eigenvalue weighted by Crippen LogP contribution is 2.41. The van der Waals surface area contributed by atoms with Gasteiger partial charge in [-0.2, -0.15) is 5.10 Å². The maximum Gasteiger partial charge on any atom is 0.226 e. The molecule has 2 aliphatic rings. The Hall–Kier alpha value is -2.14. The van der Waals surface area contributed by atoms with Crippen molar-refractivity contribution >= 4 is 23.1 Å². The Balaban J connectivity index is 1.64. The van der Waals surface area contributed by atoms with Gasteiger partial charge in [0.1, 0.15) is 12.4 Å². The highest BCUT2D eigenvalue weighted by Gasteiger charge is 2.33. The number of anilines is 1. The fourth-order valence-corrected chi connectivity index (χ4v) is 4.71. The van der Waals surface area contributed by atoms with Crippen molar-refractivity contribution in [2.45, 2.75) is 31.2 Å². The summed E-state index contributed by atoms with van der Waals surface area (Å²) in [5.74, 6) is 6.52. The Bertz CT molecular complexity index is 868. The van der Waals surface area contributed by atoms with Crippen LogP contribution >= 0.6 is 11.3 Å². The number of hydrogen-bond acceptors (Lipinski definition) is 5. The van der Waals surface area contributed by atoms with Crippen LogP contribution in [-0.2, 0) is 4.79 Å². The van der Waals surface area contributed by atoms with E-state index in [1.807, 2.05) is 22.3 Å². The van der Waals surface area contributed by atoms with Crippen LogP contribution in [0.25, 0.3) is 0 Å². The van der Waals surface area contributed by atoms with E-state index in [4.69, 9.17) is 5.11 Å². The molecular weight excluding hydrogens is 348 g/mol. The molecule has 0 saturated carbocycles. The van der Waals surface area contributed by atoms with Crippen LogP contribution in [0.1, 0.15) is 47.2 Å². The van der Waals surface area contributed by atoms with Crippen molar-refractivity contribution in [1.82, 2.24) is 14.7 Å². The molecule has 1 unspecified atom stereocenters. The zero-order valence-electron chi connectivity index (χ0n) is 14.7. The van der Waals surface area contributed by atoms with Crippen molar-refractivity contribution in [1.29, 1.82) is 0 Å². The van der Waals surface area contributed by atoms with E-state index in [9.17, 15) is 4.79 Å². The van der Waals surface area contributed by atoms with Crippen LogP contribution in [0.3, 0.4) is 0 Å². The van der Waals surface area contributed by atoms with Gasteiger partial charge in [-0.25, -0.2) is 4.68 Å². The Labute approximate surface area is 156 Å². The maximum absolute atomic E-state index is 12.4. The van der Waals surface area contributed by atoms with Gasteiger partial charge in [-0.05, 0) is 39.0 Å². The van der Waals surface area contributed by atoms with Crippen LogP contribution in [0.15, 0.2) is 17.6 Å². The molecule has 26 heavy (non-hydrogen) atoms. The number of thiophene rings is 1. The minimum Gasteiger partial charge on any atom is -0.384 e. The Morgan fingerprint density at radius 1 is 1.42 bits per heavy atom. The molecule has 2 N–H and O–H groups in total. The Kier molecular flexibility index (Phi) is 4.81. The lowest BCUT2D eigenvalue weighted by Crippen LogP contribution is -2.33. The zero-order valence-corrected chi connectivity index (χ0v) is 15.6. The van der Waals surface area contributed by atoms with Gasteiger partial charge in [-0.15, -0.1) is 11.3 Å². The summed E-state index contributed by atoms with van der Waals surface area (Å²) in [4.78, 5) is 15.8. The minimum atomic E-state index is -0.148. The van der Waals surface area contributed by atoms with Gasteiger partial charge in [0.05, 0.1) is 12.2 Å². The predicted octanol–water partition coefficient (Wildman–Crippen LogP) is 2.03. The van der Waals surface area contributed by atoms with E-state index in [2.05, 4.69) is 34.2 Å². The van der Waals surface area contributed by atoms with Crippen molar-refractivity contribution in [3.05, 3.63) is 33.6 Å². The first-order chi connectivity index (χ1) is 12.7. The maximum atomic E-state index is 12.4. The number of carbonyl (C=O) groups excluding carboxylic acids is 1. The van der Waals surface area contributed by atoms with E-state index in [0.29, 0.717) is 12.5 Å². The Morgan fingerprint density at radius 3 is 3.00 bits per heavy atom. The molecule has 0 radical (unpaired) electrons. The van der Waals surface area contributed by atoms with Gasteiger partial charge in [-0.1, -0.05) is 11.8 Å². The van der Waals surface area contributed by atoms with E-state index in [1.54, 1.807) is 11.3 Å². The van der Waals surface area contributed by atoms with Crippen molar-refractivity contribution in [3.63, 3.8) is 0 Å². The highest BCUT2D eigenvalue weighted by atomic mass is 32.1. The number of nitrogens with zero attached hydrogens (tertiary/aromatic N) is 3. The van der Waals surface area contributed by atoms with Crippen LogP contribution in [0.4, 0.5) is 5.82 Å². The lowest BCUT2D eigenvalue weighted by Gasteiger charge is -2.31. The van der Waals surface area contributed by atoms with E-state index in [1.165, 1.54) is 0 Å². The number of aliphatic hydroxyl groups excluding tert-OH is 1. The predicted molar refractivity (Wildman–Crippen MR) is 101 cm³/mol. The summed E-state index contributed by atoms with van der Waals surface area (Å²) in [6.07, 6.45) is 4.44. The van der Waals surface area contributed by atoms with Crippen molar-refractivity contribution in [2.24, 2.45) is 0 Å². The molecular formula is C19H22N4O2S. The number of aromatic nitrogens is 2. The summed E-state index contributed by atoms with van der Waals surface area (Å²) in [6, 6.07) is 2.36. The van der Waals surface area contributed by atoms with Crippen LogP contribution < -0.4 is 5.32 Å². The quantitative estimate of drug-likeness (QED) is 0.794. The minimum absolute atomic E-state index is 0.0217. The topological polar surface area (TPSA) is 70.4 Å².